The highest BCUT2D eigenvalue weighted by atomic mass is 32.2. The number of amides is 1. The number of carbonyl (C=O) groups excluding carboxylic acids is 1. The summed E-state index contributed by atoms with van der Waals surface area (Å²) >= 11 is 1.56. The van der Waals surface area contributed by atoms with Gasteiger partial charge < -0.3 is 15.4 Å². The Labute approximate surface area is 132 Å². The van der Waals surface area contributed by atoms with E-state index in [0.717, 1.165) is 27.8 Å². The summed E-state index contributed by atoms with van der Waals surface area (Å²) in [4.78, 5) is 27.0. The second kappa shape index (κ2) is 5.68. The fourth-order valence-electron chi connectivity index (χ4n) is 2.96. The zero-order chi connectivity index (χ0) is 15.7. The highest BCUT2D eigenvalue weighted by molar-refractivity contribution is 7.99. The smallest absolute Gasteiger partial charge is 0.330 e. The van der Waals surface area contributed by atoms with Crippen molar-refractivity contribution in [2.45, 2.75) is 25.3 Å². The monoisotopic (exact) mass is 318 g/mol. The molecule has 116 valence electrons. The van der Waals surface area contributed by atoms with E-state index < -0.39 is 11.5 Å². The third-order valence-electron chi connectivity index (χ3n) is 4.16. The number of aromatic amines is 1. The topological polar surface area (TPSA) is 82.2 Å². The van der Waals surface area contributed by atoms with Crippen molar-refractivity contribution in [2.75, 3.05) is 11.5 Å². The van der Waals surface area contributed by atoms with Crippen LogP contribution >= 0.6 is 11.8 Å². The first kappa shape index (κ1) is 15.0. The lowest BCUT2D eigenvalue weighted by atomic mass is 9.98. The van der Waals surface area contributed by atoms with Crippen LogP contribution in [0.1, 0.15) is 17.5 Å². The zero-order valence-corrected chi connectivity index (χ0v) is 13.1. The van der Waals surface area contributed by atoms with Gasteiger partial charge in [-0.05, 0) is 36.3 Å². The number of thioether (sulfide) groups is 1. The van der Waals surface area contributed by atoms with E-state index in [1.807, 2.05) is 31.3 Å². The number of carboxylic acids is 1. The summed E-state index contributed by atoms with van der Waals surface area (Å²) in [6.45, 7) is 2.00. The molecule has 2 aromatic rings. The molecule has 5 nitrogen and oxygen atoms in total. The van der Waals surface area contributed by atoms with E-state index in [4.69, 9.17) is 0 Å². The molecule has 1 aliphatic rings. The summed E-state index contributed by atoms with van der Waals surface area (Å²) in [6, 6.07) is 5.94. The maximum absolute atomic E-state index is 12.3. The number of hydrogen-bond donors (Lipinski definition) is 3. The average Bonchev–Trinajstić information content (AvgIpc) is 3.08. The van der Waals surface area contributed by atoms with Crippen molar-refractivity contribution in [3.05, 3.63) is 35.5 Å². The number of carbonyl (C=O) groups is 2. The van der Waals surface area contributed by atoms with Gasteiger partial charge in [-0.3, -0.25) is 4.79 Å². The Morgan fingerprint density at radius 3 is 2.95 bits per heavy atom. The van der Waals surface area contributed by atoms with Gasteiger partial charge in [0.15, 0.2) is 0 Å². The summed E-state index contributed by atoms with van der Waals surface area (Å²) < 4.78 is 0. The predicted molar refractivity (Wildman–Crippen MR) is 87.2 cm³/mol. The molecular formula is C16H18N2O3S. The lowest BCUT2D eigenvalue weighted by Gasteiger charge is -2.24. The third kappa shape index (κ3) is 2.59. The van der Waals surface area contributed by atoms with Crippen LogP contribution in [0.2, 0.25) is 0 Å². The molecule has 1 unspecified atom stereocenters. The number of carboxylic acid groups (broad SMARTS) is 1. The molecule has 1 saturated heterocycles. The summed E-state index contributed by atoms with van der Waals surface area (Å²) in [6.07, 6.45) is 2.49. The van der Waals surface area contributed by atoms with Crippen molar-refractivity contribution < 1.29 is 14.7 Å². The maximum atomic E-state index is 12.3. The van der Waals surface area contributed by atoms with Crippen LogP contribution in [0, 0.1) is 6.92 Å². The zero-order valence-electron chi connectivity index (χ0n) is 12.3. The number of H-pyrrole nitrogens is 1. The fraction of sp³-hybridized carbons (Fsp3) is 0.375. The van der Waals surface area contributed by atoms with E-state index in [1.165, 1.54) is 0 Å². The Hall–Kier alpha value is -1.95. The van der Waals surface area contributed by atoms with Crippen LogP contribution in [0.4, 0.5) is 0 Å². The molecule has 0 spiro atoms. The minimum Gasteiger partial charge on any atom is -0.479 e. The third-order valence-corrected chi connectivity index (χ3v) is 5.35. The van der Waals surface area contributed by atoms with Crippen LogP contribution in [-0.4, -0.2) is 39.0 Å². The fourth-order valence-corrected chi connectivity index (χ4v) is 4.29. The molecule has 1 amide bonds. The summed E-state index contributed by atoms with van der Waals surface area (Å²) in [5.74, 6) is 0.00903. The molecule has 1 aromatic heterocycles. The summed E-state index contributed by atoms with van der Waals surface area (Å²) in [7, 11) is 0. The standard InChI is InChI=1S/C16H18N2O3S/c1-10-3-2-4-12-14(10)11(8-17-12)7-13(19)18-16(15(20)21)5-6-22-9-16/h2-4,8,17H,5-7,9H2,1H3,(H,18,19)(H,20,21). The minimum atomic E-state index is -1.11. The highest BCUT2D eigenvalue weighted by Gasteiger charge is 2.43. The van der Waals surface area contributed by atoms with Gasteiger partial charge in [-0.1, -0.05) is 12.1 Å². The quantitative estimate of drug-likeness (QED) is 0.806. The molecule has 0 aliphatic carbocycles. The van der Waals surface area contributed by atoms with Gasteiger partial charge in [-0.15, -0.1) is 0 Å². The van der Waals surface area contributed by atoms with E-state index >= 15 is 0 Å². The van der Waals surface area contributed by atoms with E-state index in [-0.39, 0.29) is 12.3 Å². The first-order valence-corrected chi connectivity index (χ1v) is 8.35. The van der Waals surface area contributed by atoms with E-state index in [0.29, 0.717) is 12.2 Å². The first-order chi connectivity index (χ1) is 10.5. The maximum Gasteiger partial charge on any atom is 0.330 e. The van der Waals surface area contributed by atoms with Crippen molar-refractivity contribution in [1.82, 2.24) is 10.3 Å². The Morgan fingerprint density at radius 2 is 2.27 bits per heavy atom. The Balaban J connectivity index is 1.80. The van der Waals surface area contributed by atoms with Gasteiger partial charge in [0.1, 0.15) is 5.54 Å². The van der Waals surface area contributed by atoms with Gasteiger partial charge >= 0.3 is 5.97 Å². The molecule has 0 bridgehead atoms. The number of hydrogen-bond acceptors (Lipinski definition) is 3. The molecule has 1 aliphatic heterocycles. The van der Waals surface area contributed by atoms with Gasteiger partial charge in [0, 0.05) is 22.9 Å². The normalized spacial score (nSPS) is 21.1. The Kier molecular flexibility index (Phi) is 3.87. The van der Waals surface area contributed by atoms with Gasteiger partial charge in [0.05, 0.1) is 6.42 Å². The molecule has 3 N–H and O–H groups in total. The SMILES string of the molecule is Cc1cccc2[nH]cc(CC(=O)NC3(C(=O)O)CCSC3)c12. The second-order valence-electron chi connectivity index (χ2n) is 5.73. The number of nitrogens with one attached hydrogen (secondary N) is 2. The van der Waals surface area contributed by atoms with Crippen molar-refractivity contribution in [2.24, 2.45) is 0 Å². The van der Waals surface area contributed by atoms with E-state index in [1.54, 1.807) is 11.8 Å². The van der Waals surface area contributed by atoms with Gasteiger partial charge in [-0.25, -0.2) is 4.79 Å². The van der Waals surface area contributed by atoms with Crippen LogP contribution in [0.5, 0.6) is 0 Å². The van der Waals surface area contributed by atoms with Crippen LogP contribution in [-0.2, 0) is 16.0 Å². The number of rotatable bonds is 4. The summed E-state index contributed by atoms with van der Waals surface area (Å²) in [5.41, 5.74) is 1.89. The van der Waals surface area contributed by atoms with Gasteiger partial charge in [0.25, 0.3) is 0 Å². The molecule has 1 atom stereocenters. The molecule has 0 radical (unpaired) electrons. The van der Waals surface area contributed by atoms with Crippen molar-refractivity contribution >= 4 is 34.5 Å². The van der Waals surface area contributed by atoms with Crippen LogP contribution in [0.25, 0.3) is 10.9 Å². The largest absolute Gasteiger partial charge is 0.479 e. The number of aliphatic carboxylic acids is 1. The number of benzene rings is 1. The highest BCUT2D eigenvalue weighted by Crippen LogP contribution is 2.29. The number of aromatic nitrogens is 1. The van der Waals surface area contributed by atoms with Crippen LogP contribution in [0.3, 0.4) is 0 Å². The van der Waals surface area contributed by atoms with E-state index in [9.17, 15) is 14.7 Å². The minimum absolute atomic E-state index is 0.185. The molecular weight excluding hydrogens is 300 g/mol. The molecule has 3 rings (SSSR count). The molecule has 1 aromatic carbocycles. The van der Waals surface area contributed by atoms with E-state index in [2.05, 4.69) is 10.3 Å². The molecule has 22 heavy (non-hydrogen) atoms. The lowest BCUT2D eigenvalue weighted by Crippen LogP contribution is -2.55. The van der Waals surface area contributed by atoms with Crippen molar-refractivity contribution in [1.29, 1.82) is 0 Å². The van der Waals surface area contributed by atoms with Gasteiger partial charge in [-0.2, -0.15) is 11.8 Å². The second-order valence-corrected chi connectivity index (χ2v) is 6.83. The molecule has 6 heteroatoms. The average molecular weight is 318 g/mol. The number of aryl methyl sites for hydroxylation is 1. The first-order valence-electron chi connectivity index (χ1n) is 7.19. The lowest BCUT2D eigenvalue weighted by molar-refractivity contribution is -0.146. The van der Waals surface area contributed by atoms with Crippen molar-refractivity contribution in [3.8, 4) is 0 Å². The predicted octanol–water partition coefficient (Wildman–Crippen LogP) is 2.10. The summed E-state index contributed by atoms with van der Waals surface area (Å²) in [5, 5.41) is 13.2. The Bertz CT molecular complexity index is 732. The van der Waals surface area contributed by atoms with Gasteiger partial charge in [0.2, 0.25) is 5.91 Å². The molecule has 1 fully saturated rings. The molecule has 2 heterocycles. The van der Waals surface area contributed by atoms with Crippen LogP contribution in [0.15, 0.2) is 24.4 Å². The van der Waals surface area contributed by atoms with Crippen LogP contribution < -0.4 is 5.32 Å². The number of fused-ring (bicyclic) bond motifs is 1. The van der Waals surface area contributed by atoms with Crippen molar-refractivity contribution in [3.63, 3.8) is 0 Å². The molecule has 0 saturated carbocycles. The Morgan fingerprint density at radius 1 is 1.45 bits per heavy atom.